The van der Waals surface area contributed by atoms with Crippen LogP contribution in [0.1, 0.15) is 35.7 Å². The standard InChI is InChI=1S/C22H26N2O3/c1-2-3-13-27-20-12-8-7-11-19(20)22(26)24-15-18(23-21(25)16-24)14-17-9-5-4-6-10-17/h4-12,18H,2-3,13-16H2,1H3,(H,23,25)/t18-/m0/s1. The second kappa shape index (κ2) is 9.21. The first-order valence-electron chi connectivity index (χ1n) is 9.51. The van der Waals surface area contributed by atoms with Crippen LogP contribution in [0.4, 0.5) is 0 Å². The van der Waals surface area contributed by atoms with Crippen molar-refractivity contribution in [2.24, 2.45) is 0 Å². The molecular weight excluding hydrogens is 340 g/mol. The molecule has 2 aromatic rings. The van der Waals surface area contributed by atoms with Crippen LogP contribution < -0.4 is 10.1 Å². The van der Waals surface area contributed by atoms with Gasteiger partial charge < -0.3 is 15.0 Å². The van der Waals surface area contributed by atoms with Crippen LogP contribution >= 0.6 is 0 Å². The number of nitrogens with one attached hydrogen (secondary N) is 1. The van der Waals surface area contributed by atoms with Gasteiger partial charge in [-0.25, -0.2) is 0 Å². The normalized spacial score (nSPS) is 16.7. The van der Waals surface area contributed by atoms with E-state index in [9.17, 15) is 9.59 Å². The summed E-state index contributed by atoms with van der Waals surface area (Å²) in [5, 5.41) is 2.99. The largest absolute Gasteiger partial charge is 0.493 e. The van der Waals surface area contributed by atoms with E-state index in [1.807, 2.05) is 48.5 Å². The second-order valence-electron chi connectivity index (χ2n) is 6.84. The van der Waals surface area contributed by atoms with Crippen LogP contribution in [0.3, 0.4) is 0 Å². The van der Waals surface area contributed by atoms with Gasteiger partial charge in [0.2, 0.25) is 5.91 Å². The highest BCUT2D eigenvalue weighted by Crippen LogP contribution is 2.21. The van der Waals surface area contributed by atoms with Crippen LogP contribution in [-0.2, 0) is 11.2 Å². The number of ether oxygens (including phenoxy) is 1. The van der Waals surface area contributed by atoms with Gasteiger partial charge in [-0.05, 0) is 30.5 Å². The first-order valence-corrected chi connectivity index (χ1v) is 9.51. The highest BCUT2D eigenvalue weighted by Gasteiger charge is 2.29. The molecule has 2 amide bonds. The Bertz CT molecular complexity index is 776. The summed E-state index contributed by atoms with van der Waals surface area (Å²) in [5.41, 5.74) is 1.65. The van der Waals surface area contributed by atoms with Crippen molar-refractivity contribution in [1.82, 2.24) is 10.2 Å². The van der Waals surface area contributed by atoms with Gasteiger partial charge in [0.25, 0.3) is 5.91 Å². The molecule has 1 N–H and O–H groups in total. The summed E-state index contributed by atoms with van der Waals surface area (Å²) in [6, 6.07) is 17.2. The summed E-state index contributed by atoms with van der Waals surface area (Å²) < 4.78 is 5.79. The number of amides is 2. The Kier molecular flexibility index (Phi) is 6.47. The zero-order valence-corrected chi connectivity index (χ0v) is 15.7. The fourth-order valence-corrected chi connectivity index (χ4v) is 3.26. The minimum Gasteiger partial charge on any atom is -0.493 e. The van der Waals surface area contributed by atoms with Gasteiger partial charge in [-0.15, -0.1) is 0 Å². The Morgan fingerprint density at radius 2 is 1.89 bits per heavy atom. The molecule has 0 aliphatic carbocycles. The van der Waals surface area contributed by atoms with Crippen LogP contribution in [-0.4, -0.2) is 42.5 Å². The van der Waals surface area contributed by atoms with Crippen molar-refractivity contribution in [3.05, 3.63) is 65.7 Å². The van der Waals surface area contributed by atoms with Crippen LogP contribution in [0.2, 0.25) is 0 Å². The molecule has 0 saturated carbocycles. The third-order valence-electron chi connectivity index (χ3n) is 4.63. The molecule has 1 heterocycles. The number of rotatable bonds is 7. The quantitative estimate of drug-likeness (QED) is 0.766. The monoisotopic (exact) mass is 366 g/mol. The molecule has 1 atom stereocenters. The Labute approximate surface area is 160 Å². The molecule has 5 nitrogen and oxygen atoms in total. The van der Waals surface area contributed by atoms with Crippen LogP contribution in [0.5, 0.6) is 5.75 Å². The molecule has 2 aromatic carbocycles. The first-order chi connectivity index (χ1) is 13.2. The molecule has 1 aliphatic heterocycles. The lowest BCUT2D eigenvalue weighted by Crippen LogP contribution is -2.56. The topological polar surface area (TPSA) is 58.6 Å². The van der Waals surface area contributed by atoms with Crippen LogP contribution in [0.25, 0.3) is 0 Å². The fourth-order valence-electron chi connectivity index (χ4n) is 3.26. The van der Waals surface area contributed by atoms with Crippen molar-refractivity contribution in [2.75, 3.05) is 19.7 Å². The molecule has 0 radical (unpaired) electrons. The highest BCUT2D eigenvalue weighted by atomic mass is 16.5. The lowest BCUT2D eigenvalue weighted by atomic mass is 10.0. The molecule has 142 valence electrons. The van der Waals surface area contributed by atoms with Gasteiger partial charge >= 0.3 is 0 Å². The lowest BCUT2D eigenvalue weighted by Gasteiger charge is -2.33. The Hall–Kier alpha value is -2.82. The van der Waals surface area contributed by atoms with E-state index >= 15 is 0 Å². The zero-order valence-electron chi connectivity index (χ0n) is 15.7. The maximum Gasteiger partial charge on any atom is 0.258 e. The number of nitrogens with zero attached hydrogens (tertiary/aromatic N) is 1. The number of unbranched alkanes of at least 4 members (excludes halogenated alkanes) is 1. The Morgan fingerprint density at radius 1 is 1.15 bits per heavy atom. The van der Waals surface area contributed by atoms with Crippen LogP contribution in [0, 0.1) is 0 Å². The van der Waals surface area contributed by atoms with E-state index in [4.69, 9.17) is 4.74 Å². The molecule has 1 aliphatic rings. The van der Waals surface area contributed by atoms with Crippen molar-refractivity contribution in [1.29, 1.82) is 0 Å². The number of benzene rings is 2. The molecule has 0 unspecified atom stereocenters. The molecule has 1 fully saturated rings. The van der Waals surface area contributed by atoms with E-state index in [-0.39, 0.29) is 24.4 Å². The fraction of sp³-hybridized carbons (Fsp3) is 0.364. The van der Waals surface area contributed by atoms with Gasteiger partial charge in [0, 0.05) is 6.54 Å². The summed E-state index contributed by atoms with van der Waals surface area (Å²) in [5.74, 6) is 0.302. The maximum atomic E-state index is 13.1. The average molecular weight is 366 g/mol. The van der Waals surface area contributed by atoms with Crippen molar-refractivity contribution >= 4 is 11.8 Å². The molecule has 1 saturated heterocycles. The van der Waals surface area contributed by atoms with Crippen molar-refractivity contribution < 1.29 is 14.3 Å². The lowest BCUT2D eigenvalue weighted by molar-refractivity contribution is -0.124. The molecule has 0 aromatic heterocycles. The van der Waals surface area contributed by atoms with E-state index in [1.54, 1.807) is 11.0 Å². The number of carbonyl (C=O) groups is 2. The smallest absolute Gasteiger partial charge is 0.258 e. The molecule has 3 rings (SSSR count). The minimum absolute atomic E-state index is 0.0768. The summed E-state index contributed by atoms with van der Waals surface area (Å²) in [6.45, 7) is 3.24. The summed E-state index contributed by atoms with van der Waals surface area (Å²) in [7, 11) is 0. The summed E-state index contributed by atoms with van der Waals surface area (Å²) in [4.78, 5) is 26.9. The van der Waals surface area contributed by atoms with Crippen molar-refractivity contribution in [3.63, 3.8) is 0 Å². The third-order valence-corrected chi connectivity index (χ3v) is 4.63. The van der Waals surface area contributed by atoms with Gasteiger partial charge in [0.1, 0.15) is 5.75 Å². The minimum atomic E-state index is -0.157. The van der Waals surface area contributed by atoms with E-state index in [0.717, 1.165) is 18.4 Å². The number of hydrogen-bond acceptors (Lipinski definition) is 3. The van der Waals surface area contributed by atoms with Crippen molar-refractivity contribution in [3.8, 4) is 5.75 Å². The highest BCUT2D eigenvalue weighted by molar-refractivity contribution is 5.99. The Morgan fingerprint density at radius 3 is 2.67 bits per heavy atom. The number of piperazine rings is 1. The second-order valence-corrected chi connectivity index (χ2v) is 6.84. The van der Waals surface area contributed by atoms with Crippen molar-refractivity contribution in [2.45, 2.75) is 32.2 Å². The predicted molar refractivity (Wildman–Crippen MR) is 105 cm³/mol. The number of carbonyl (C=O) groups excluding carboxylic acids is 2. The van der Waals surface area contributed by atoms with Gasteiger partial charge in [0.15, 0.2) is 0 Å². The van der Waals surface area contributed by atoms with E-state index < -0.39 is 0 Å². The number of hydrogen-bond donors (Lipinski definition) is 1. The maximum absolute atomic E-state index is 13.1. The summed E-state index contributed by atoms with van der Waals surface area (Å²) >= 11 is 0. The molecular formula is C22H26N2O3. The average Bonchev–Trinajstić information content (AvgIpc) is 2.68. The van der Waals surface area contributed by atoms with Gasteiger partial charge in [-0.3, -0.25) is 9.59 Å². The van der Waals surface area contributed by atoms with E-state index in [1.165, 1.54) is 0 Å². The summed E-state index contributed by atoms with van der Waals surface area (Å²) in [6.07, 6.45) is 2.67. The van der Waals surface area contributed by atoms with E-state index in [0.29, 0.717) is 30.9 Å². The molecule has 5 heteroatoms. The molecule has 0 bridgehead atoms. The zero-order chi connectivity index (χ0) is 19.1. The first kappa shape index (κ1) is 19.0. The molecule has 0 spiro atoms. The third kappa shape index (κ3) is 5.09. The van der Waals surface area contributed by atoms with Gasteiger partial charge in [-0.1, -0.05) is 55.8 Å². The van der Waals surface area contributed by atoms with Gasteiger partial charge in [-0.2, -0.15) is 0 Å². The van der Waals surface area contributed by atoms with Gasteiger partial charge in [0.05, 0.1) is 24.8 Å². The van der Waals surface area contributed by atoms with Crippen LogP contribution in [0.15, 0.2) is 54.6 Å². The molecule has 27 heavy (non-hydrogen) atoms. The Balaban J connectivity index is 1.71. The predicted octanol–water partition coefficient (Wildman–Crippen LogP) is 3.05. The SMILES string of the molecule is CCCCOc1ccccc1C(=O)N1CC(=O)N[C@@H](Cc2ccccc2)C1. The van der Waals surface area contributed by atoms with E-state index in [2.05, 4.69) is 12.2 Å². The number of para-hydroxylation sites is 1.